The van der Waals surface area contributed by atoms with Crippen molar-refractivity contribution < 1.29 is 101 Å². The van der Waals surface area contributed by atoms with Gasteiger partial charge in [-0.05, 0) is 65.9 Å². The fourth-order valence-corrected chi connectivity index (χ4v) is 6.33. The first-order valence-electron chi connectivity index (χ1n) is 19.2. The van der Waals surface area contributed by atoms with Crippen LogP contribution in [0.5, 0.6) is 0 Å². The van der Waals surface area contributed by atoms with E-state index < -0.39 is 48.6 Å². The molecule has 3 atom stereocenters. The third-order valence-corrected chi connectivity index (χ3v) is 9.30. The second kappa shape index (κ2) is 24.6. The zero-order valence-corrected chi connectivity index (χ0v) is 34.6. The first-order chi connectivity index (χ1) is 30.8. The lowest BCUT2D eigenvalue weighted by Gasteiger charge is -2.31. The van der Waals surface area contributed by atoms with Crippen LogP contribution in [0.3, 0.4) is 0 Å². The van der Waals surface area contributed by atoms with E-state index in [2.05, 4.69) is 50.9 Å². The van der Waals surface area contributed by atoms with Gasteiger partial charge in [0.25, 0.3) is 5.91 Å². The SMILES string of the molecule is C[C@H]1CN(Cc2cccc(-c3cc(CNC(=O)c4cccc(CN5C[C@@H]6C[C@@H]5CN6)c4)ccc3F)c2)CCN1.O=C(O)C(F)(F)F.O=C(O)C(F)(F)F.O=C(O)C(F)(F)F.O=C(O)C(F)(F)F. The molecule has 3 fully saturated rings. The second-order valence-corrected chi connectivity index (χ2v) is 14.6. The van der Waals surface area contributed by atoms with Gasteiger partial charge in [-0.2, -0.15) is 52.7 Å². The van der Waals surface area contributed by atoms with Crippen molar-refractivity contribution in [2.24, 2.45) is 0 Å². The number of hydrogen-bond donors (Lipinski definition) is 7. The Morgan fingerprint density at radius 1 is 0.657 bits per heavy atom. The number of piperazine rings is 2. The summed E-state index contributed by atoms with van der Waals surface area (Å²) < 4.78 is 142. The number of halogens is 13. The number of rotatable bonds is 8. The third-order valence-electron chi connectivity index (χ3n) is 9.30. The lowest BCUT2D eigenvalue weighted by Crippen LogP contribution is -2.48. The number of nitrogens with zero attached hydrogens (tertiary/aromatic N) is 2. The van der Waals surface area contributed by atoms with Crippen molar-refractivity contribution in [1.29, 1.82) is 0 Å². The summed E-state index contributed by atoms with van der Waals surface area (Å²) >= 11 is 0. The fraction of sp³-hybridized carbons (Fsp3) is 0.425. The minimum absolute atomic E-state index is 0.111. The number of benzene rings is 3. The molecule has 2 bridgehead atoms. The standard InChI is InChI=1S/C32H38FN5O.4C2HF3O2/c1-22-18-37(11-10-34-22)19-24-4-2-6-26(12-24)30-14-23(8-9-31(30)33)16-36-32(39)27-7-3-5-25(13-27)20-38-21-28-15-29(38)17-35-28;4*3-2(4,5)1(6)7/h2-9,12-14,22,28-29,34-35H,10-11,15-21H2,1H3,(H,36,39);4*(H,6,7)/t22-,28-,29+;;;;/m0..../s1. The van der Waals surface area contributed by atoms with Crippen molar-refractivity contribution >= 4 is 29.8 Å². The zero-order chi connectivity index (χ0) is 51.1. The number of nitrogens with one attached hydrogen (secondary N) is 3. The highest BCUT2D eigenvalue weighted by atomic mass is 19.4. The van der Waals surface area contributed by atoms with Gasteiger partial charge in [0.15, 0.2) is 0 Å². The summed E-state index contributed by atoms with van der Waals surface area (Å²) in [6, 6.07) is 22.9. The van der Waals surface area contributed by atoms with Gasteiger partial charge in [-0.1, -0.05) is 36.4 Å². The number of alkyl halides is 12. The van der Waals surface area contributed by atoms with E-state index in [9.17, 15) is 61.9 Å². The molecule has 0 spiro atoms. The molecular weight excluding hydrogens is 941 g/mol. The van der Waals surface area contributed by atoms with Gasteiger partial charge in [0.2, 0.25) is 0 Å². The Balaban J connectivity index is 0.000000447. The molecular formula is C40H42F13N5O9. The Morgan fingerprint density at radius 3 is 1.63 bits per heavy atom. The monoisotopic (exact) mass is 983 g/mol. The van der Waals surface area contributed by atoms with Crippen LogP contribution in [-0.2, 0) is 38.8 Å². The van der Waals surface area contributed by atoms with Crippen LogP contribution in [0.1, 0.15) is 40.4 Å². The van der Waals surface area contributed by atoms with Crippen molar-refractivity contribution in [3.63, 3.8) is 0 Å². The molecule has 14 nitrogen and oxygen atoms in total. The fourth-order valence-electron chi connectivity index (χ4n) is 6.33. The quantitative estimate of drug-likeness (QED) is 0.124. The van der Waals surface area contributed by atoms with Crippen LogP contribution in [0.15, 0.2) is 66.7 Å². The van der Waals surface area contributed by atoms with Crippen LogP contribution in [0.25, 0.3) is 11.1 Å². The molecule has 27 heteroatoms. The maximum Gasteiger partial charge on any atom is 0.490 e. The number of carboxylic acid groups (broad SMARTS) is 4. The minimum atomic E-state index is -5.08. The number of carbonyl (C=O) groups is 5. The van der Waals surface area contributed by atoms with Gasteiger partial charge in [0, 0.05) is 81.6 Å². The van der Waals surface area contributed by atoms with E-state index in [-0.39, 0.29) is 11.7 Å². The maximum atomic E-state index is 14.9. The lowest BCUT2D eigenvalue weighted by atomic mass is 10.00. The number of aliphatic carboxylic acids is 4. The predicted octanol–water partition coefficient (Wildman–Crippen LogP) is 6.30. The third kappa shape index (κ3) is 20.6. The summed E-state index contributed by atoms with van der Waals surface area (Å²) in [6.45, 7) is 9.42. The highest BCUT2D eigenvalue weighted by Crippen LogP contribution is 2.27. The van der Waals surface area contributed by atoms with E-state index in [0.29, 0.717) is 35.8 Å². The van der Waals surface area contributed by atoms with Crippen molar-refractivity contribution in [3.05, 3.63) is 94.8 Å². The van der Waals surface area contributed by atoms with Gasteiger partial charge in [0.05, 0.1) is 0 Å². The summed E-state index contributed by atoms with van der Waals surface area (Å²) in [5, 5.41) is 38.5. The first-order valence-corrected chi connectivity index (χ1v) is 19.2. The molecule has 3 aromatic rings. The summed E-state index contributed by atoms with van der Waals surface area (Å²) in [6.07, 6.45) is -19.1. The van der Waals surface area contributed by atoms with Crippen LogP contribution in [0.4, 0.5) is 57.1 Å². The van der Waals surface area contributed by atoms with Crippen molar-refractivity contribution in [2.75, 3.05) is 32.7 Å². The zero-order valence-electron chi connectivity index (χ0n) is 34.6. The number of carbonyl (C=O) groups excluding carboxylic acids is 1. The van der Waals surface area contributed by atoms with Crippen molar-refractivity contribution in [1.82, 2.24) is 25.8 Å². The van der Waals surface area contributed by atoms with Crippen LogP contribution >= 0.6 is 0 Å². The molecule has 0 saturated carbocycles. The van der Waals surface area contributed by atoms with Crippen molar-refractivity contribution in [3.8, 4) is 11.1 Å². The number of carboxylic acids is 4. The predicted molar refractivity (Wildman–Crippen MR) is 208 cm³/mol. The second-order valence-electron chi connectivity index (χ2n) is 14.6. The van der Waals surface area contributed by atoms with Crippen molar-refractivity contribution in [2.45, 2.75) is 75.8 Å². The van der Waals surface area contributed by atoms with Gasteiger partial charge < -0.3 is 36.4 Å². The van der Waals surface area contributed by atoms with Gasteiger partial charge in [0.1, 0.15) is 5.82 Å². The molecule has 0 aromatic heterocycles. The molecule has 372 valence electrons. The Bertz CT molecular complexity index is 2060. The Kier molecular flexibility index (Phi) is 21.0. The largest absolute Gasteiger partial charge is 0.490 e. The maximum absolute atomic E-state index is 14.9. The summed E-state index contributed by atoms with van der Waals surface area (Å²) in [7, 11) is 0. The highest BCUT2D eigenvalue weighted by Gasteiger charge is 2.40. The summed E-state index contributed by atoms with van der Waals surface area (Å²) in [4.78, 5) is 53.5. The van der Waals surface area contributed by atoms with E-state index in [1.54, 1.807) is 6.07 Å². The average Bonchev–Trinajstić information content (AvgIpc) is 3.84. The van der Waals surface area contributed by atoms with E-state index in [1.165, 1.54) is 18.1 Å². The molecule has 0 aliphatic carbocycles. The molecule has 3 heterocycles. The number of likely N-dealkylation sites (tertiary alicyclic amines) is 1. The lowest BCUT2D eigenvalue weighted by molar-refractivity contribution is -0.193. The van der Waals surface area contributed by atoms with Crippen LogP contribution in [0.2, 0.25) is 0 Å². The van der Waals surface area contributed by atoms with Gasteiger partial charge >= 0.3 is 48.6 Å². The van der Waals surface area contributed by atoms with E-state index in [1.807, 2.05) is 36.4 Å². The average molecular weight is 984 g/mol. The van der Waals surface area contributed by atoms with Gasteiger partial charge in [-0.3, -0.25) is 14.6 Å². The summed E-state index contributed by atoms with van der Waals surface area (Å²) in [5.41, 5.74) is 5.30. The van der Waals surface area contributed by atoms with E-state index >= 15 is 0 Å². The Morgan fingerprint density at radius 2 is 1.16 bits per heavy atom. The molecule has 3 aliphatic heterocycles. The molecule has 6 rings (SSSR count). The van der Waals surface area contributed by atoms with Crippen LogP contribution in [-0.4, -0.2) is 136 Å². The Hall–Kier alpha value is -6.06. The van der Waals surface area contributed by atoms with E-state index in [0.717, 1.165) is 62.5 Å². The molecule has 1 amide bonds. The normalized spacial score (nSPS) is 18.3. The highest BCUT2D eigenvalue weighted by molar-refractivity contribution is 5.94. The molecule has 0 unspecified atom stereocenters. The Labute approximate surface area is 371 Å². The molecule has 3 aliphatic rings. The first kappa shape index (κ1) is 57.1. The van der Waals surface area contributed by atoms with Gasteiger partial charge in [-0.15, -0.1) is 0 Å². The molecule has 67 heavy (non-hydrogen) atoms. The van der Waals surface area contributed by atoms with Crippen LogP contribution in [0, 0.1) is 5.82 Å². The molecule has 7 N–H and O–H groups in total. The van der Waals surface area contributed by atoms with Crippen LogP contribution < -0.4 is 16.0 Å². The molecule has 3 aromatic carbocycles. The summed E-state index contributed by atoms with van der Waals surface area (Å²) in [5.74, 6) is -11.4. The van der Waals surface area contributed by atoms with E-state index in [4.69, 9.17) is 39.6 Å². The minimum Gasteiger partial charge on any atom is -0.475 e. The van der Waals surface area contributed by atoms with Gasteiger partial charge in [-0.25, -0.2) is 23.6 Å². The number of fused-ring (bicyclic) bond motifs is 2. The smallest absolute Gasteiger partial charge is 0.475 e. The number of hydrogen-bond acceptors (Lipinski definition) is 9. The molecule has 3 saturated heterocycles. The number of amides is 1. The topological polar surface area (TPSA) is 209 Å². The molecule has 0 radical (unpaired) electrons.